The van der Waals surface area contributed by atoms with E-state index in [1.165, 1.54) is 40.8 Å². The van der Waals surface area contributed by atoms with Crippen molar-refractivity contribution in [3.8, 4) is 17.1 Å². The van der Waals surface area contributed by atoms with Crippen LogP contribution in [-0.2, 0) is 64.2 Å². The quantitative estimate of drug-likeness (QED) is 0.125. The third-order valence-electron chi connectivity index (χ3n) is 23.8. The van der Waals surface area contributed by atoms with Gasteiger partial charge in [0.25, 0.3) is 16.7 Å². The molecule has 1 aliphatic carbocycles. The molecule has 15 heterocycles. The summed E-state index contributed by atoms with van der Waals surface area (Å²) in [7, 11) is 6.46. The van der Waals surface area contributed by atoms with Crippen molar-refractivity contribution in [3.63, 3.8) is 0 Å². The highest BCUT2D eigenvalue weighted by Gasteiger charge is 2.48. The van der Waals surface area contributed by atoms with Crippen LogP contribution in [0, 0.1) is 0 Å². The zero-order valence-corrected chi connectivity index (χ0v) is 65.6. The van der Waals surface area contributed by atoms with Gasteiger partial charge in [0.05, 0.1) is 53.2 Å². The fraction of sp³-hybridized carbons (Fsp3) is 0.310. The molecule has 118 heavy (non-hydrogen) atoms. The van der Waals surface area contributed by atoms with Gasteiger partial charge in [-0.2, -0.15) is 15.0 Å². The topological polar surface area (TPSA) is 313 Å². The first kappa shape index (κ1) is 73.4. The number of aromatic nitrogens is 15. The smallest absolute Gasteiger partial charge is 0.408 e. The number of nitrogens with zero attached hydrogens (tertiary/aromatic N) is 19. The monoisotopic (exact) mass is 1580 g/mol. The molecule has 0 amide bonds. The van der Waals surface area contributed by atoms with Gasteiger partial charge in [0.2, 0.25) is 17.8 Å². The second-order valence-electron chi connectivity index (χ2n) is 31.8. The van der Waals surface area contributed by atoms with Gasteiger partial charge < -0.3 is 48.8 Å². The number of anilines is 7. The number of hydrogen-bond acceptors (Lipinski definition) is 22. The van der Waals surface area contributed by atoms with Gasteiger partial charge in [0, 0.05) is 119 Å². The second kappa shape index (κ2) is 30.0. The maximum absolute atomic E-state index is 13.5. The number of benzene rings is 6. The molecule has 6 bridgehead atoms. The van der Waals surface area contributed by atoms with E-state index in [9.17, 15) is 28.8 Å². The van der Waals surface area contributed by atoms with Gasteiger partial charge in [-0.15, -0.1) is 0 Å². The van der Waals surface area contributed by atoms with E-state index in [2.05, 4.69) is 114 Å². The number of oxazole rings is 3. The standard InChI is InChI=1S/C30H29N7O3.C29H30N8O3.C28H27N7O3/c1-34-17-19-14-20(6-8-23(19)30(18-34)10-11-30)32-28-31-16-22-26(33-28)37-21-7-9-25-24(15-21)35(29(39)40-25)12-4-2-3-5-13-36(37)27(22)38;1-33-14-16-34(17-15-33)21-8-6-20(7-9-21)31-28-30-19-23-26(32-28)37-22-10-11-25-24(18-22)35(29(39)40-25)12-4-2-3-5-13-36(37)27(23)38;1-32-13-10-18-6-7-20(14-19(18)17-32)30-27-29-16-22-25(31-27)35-21-8-9-24-23(15-21)33(28(37)38-24)11-4-2-3-5-12-34(35)26(22)36/h3,5-9,14-16H,2,4,10-13,17-18H2,1H3,(H,31,32,33);3,5-11,18-19H,2,4,12-17H2,1H3,(H,30,31,32);3,5-9,14-16H,2,4,10-13,17H2,1H3,(H,29,30,31). The fourth-order valence-electron chi connectivity index (χ4n) is 17.5. The molecule has 6 aromatic carbocycles. The molecule has 1 spiro atoms. The first-order valence-corrected chi connectivity index (χ1v) is 40.4. The van der Waals surface area contributed by atoms with Gasteiger partial charge in [-0.1, -0.05) is 48.6 Å². The molecule has 9 aromatic heterocycles. The molecule has 0 atom stereocenters. The molecule has 3 N–H and O–H groups in total. The SMILES string of the molecule is CN1CCN(c2ccc(Nc3ncc4c(=O)n5n(c4n3)-c3ccc4oc(=O)n(c4c3)CCCC=CC5)cc2)CC1.CN1CCc2ccc(Nc3ncc4c(=O)n5n(c4n3)-c3ccc4oc(=O)n(c4c3)CCCC=CC5)cc2C1.CN1Cc2cc(Nc3ncc4c(=O)n5n(c4n3)-c3ccc4oc(=O)n(c4c3)CCCC=CC5)ccc2C2(CC2)C1. The molecule has 31 heteroatoms. The van der Waals surface area contributed by atoms with Crippen molar-refractivity contribution in [1.82, 2.24) is 86.4 Å². The Bertz CT molecular complexity index is 7000. The van der Waals surface area contributed by atoms with Crippen LogP contribution < -0.4 is 54.8 Å². The minimum Gasteiger partial charge on any atom is -0.408 e. The van der Waals surface area contributed by atoms with Crippen molar-refractivity contribution in [1.29, 1.82) is 0 Å². The van der Waals surface area contributed by atoms with E-state index < -0.39 is 0 Å². The summed E-state index contributed by atoms with van der Waals surface area (Å²) in [4.78, 5) is 115. The average molecular weight is 1580 g/mol. The lowest BCUT2D eigenvalue weighted by Gasteiger charge is -2.34. The van der Waals surface area contributed by atoms with E-state index >= 15 is 0 Å². The number of nitrogens with one attached hydrogen (secondary N) is 3. The molecule has 15 aromatic rings. The lowest BCUT2D eigenvalue weighted by atomic mass is 9.87. The van der Waals surface area contributed by atoms with E-state index in [0.717, 1.165) is 126 Å². The molecule has 6 aliphatic heterocycles. The third-order valence-corrected chi connectivity index (χ3v) is 23.8. The van der Waals surface area contributed by atoms with E-state index in [4.69, 9.17) is 28.2 Å². The van der Waals surface area contributed by atoms with Crippen LogP contribution in [0.5, 0.6) is 0 Å². The van der Waals surface area contributed by atoms with Gasteiger partial charge >= 0.3 is 17.3 Å². The first-order valence-electron chi connectivity index (χ1n) is 40.4. The Balaban J connectivity index is 0.000000114. The maximum atomic E-state index is 13.5. The lowest BCUT2D eigenvalue weighted by Crippen LogP contribution is -2.44. The third kappa shape index (κ3) is 13.6. The predicted octanol–water partition coefficient (Wildman–Crippen LogP) is 11.0. The number of allylic oxidation sites excluding steroid dienone is 6. The van der Waals surface area contributed by atoms with Crippen molar-refractivity contribution in [2.75, 3.05) is 81.3 Å². The highest BCUT2D eigenvalue weighted by molar-refractivity contribution is 5.84. The summed E-state index contributed by atoms with van der Waals surface area (Å²) in [6.07, 6.45) is 25.1. The minimum atomic E-state index is -0.379. The van der Waals surface area contributed by atoms with Crippen LogP contribution >= 0.6 is 0 Å². The molecule has 7 aliphatic rings. The summed E-state index contributed by atoms with van der Waals surface area (Å²) < 4.78 is 31.8. The Morgan fingerprint density at radius 1 is 0.381 bits per heavy atom. The second-order valence-corrected chi connectivity index (χ2v) is 31.8. The van der Waals surface area contributed by atoms with Crippen LogP contribution in [0.3, 0.4) is 0 Å². The maximum Gasteiger partial charge on any atom is 0.419 e. The minimum absolute atomic E-state index is 0.167. The van der Waals surface area contributed by atoms with Crippen molar-refractivity contribution in [3.05, 3.63) is 255 Å². The summed E-state index contributed by atoms with van der Waals surface area (Å²) in [6.45, 7) is 11.0. The van der Waals surface area contributed by atoms with Crippen molar-refractivity contribution < 1.29 is 13.3 Å². The number of hydrogen-bond donors (Lipinski definition) is 3. The molecular weight excluding hydrogens is 1500 g/mol. The van der Waals surface area contributed by atoms with E-state index in [1.807, 2.05) is 95.7 Å². The number of fused-ring (bicyclic) bond motifs is 18. The average Bonchev–Trinajstić information content (AvgIpc) is 1.59. The molecule has 598 valence electrons. The summed E-state index contributed by atoms with van der Waals surface area (Å²) in [6, 6.07) is 37.7. The molecule has 2 fully saturated rings. The molecule has 1 saturated carbocycles. The Hall–Kier alpha value is -13.5. The van der Waals surface area contributed by atoms with Gasteiger partial charge in [0.15, 0.2) is 33.7 Å². The first-order chi connectivity index (χ1) is 57.6. The van der Waals surface area contributed by atoms with Crippen LogP contribution in [0.2, 0.25) is 0 Å². The van der Waals surface area contributed by atoms with Crippen LogP contribution in [0.25, 0.3) is 83.5 Å². The lowest BCUT2D eigenvalue weighted by molar-refractivity contribution is 0.271. The van der Waals surface area contributed by atoms with Gasteiger partial charge in [-0.05, 0) is 204 Å². The van der Waals surface area contributed by atoms with Crippen LogP contribution in [0.15, 0.2) is 212 Å². The molecule has 1 saturated heterocycles. The molecular formula is C87H86N22O9. The Morgan fingerprint density at radius 3 is 1.24 bits per heavy atom. The highest BCUT2D eigenvalue weighted by Crippen LogP contribution is 2.52. The molecule has 31 nitrogen and oxygen atoms in total. The van der Waals surface area contributed by atoms with Gasteiger partial charge in [0.1, 0.15) is 16.2 Å². The van der Waals surface area contributed by atoms with Crippen molar-refractivity contribution in [2.24, 2.45) is 0 Å². The fourth-order valence-corrected chi connectivity index (χ4v) is 17.5. The molecule has 22 rings (SSSR count). The Morgan fingerprint density at radius 2 is 0.788 bits per heavy atom. The Labute approximate surface area is 672 Å². The number of aryl methyl sites for hydroxylation is 3. The van der Waals surface area contributed by atoms with Crippen LogP contribution in [-0.4, -0.2) is 147 Å². The van der Waals surface area contributed by atoms with Gasteiger partial charge in [-0.3, -0.25) is 28.1 Å². The largest absolute Gasteiger partial charge is 0.419 e. The number of rotatable bonds is 7. The highest BCUT2D eigenvalue weighted by atomic mass is 16.4. The summed E-state index contributed by atoms with van der Waals surface area (Å²) >= 11 is 0. The zero-order chi connectivity index (χ0) is 80.0. The van der Waals surface area contributed by atoms with Crippen LogP contribution in [0.1, 0.15) is 73.6 Å². The summed E-state index contributed by atoms with van der Waals surface area (Å²) in [5.74, 6) is 0.0878. The molecule has 0 radical (unpaired) electrons. The van der Waals surface area contributed by atoms with Crippen LogP contribution in [0.4, 0.5) is 40.6 Å². The van der Waals surface area contributed by atoms with E-state index in [-0.39, 0.29) is 33.9 Å². The zero-order valence-electron chi connectivity index (χ0n) is 65.6. The number of likely N-dealkylation sites (N-methyl/N-ethyl adjacent to an activating group) is 3. The van der Waals surface area contributed by atoms with E-state index in [1.54, 1.807) is 73.9 Å². The summed E-state index contributed by atoms with van der Waals surface area (Å²) in [5, 5.41) is 11.3. The number of piperazine rings is 1. The molecule has 0 unspecified atom stereocenters. The van der Waals surface area contributed by atoms with Crippen molar-refractivity contribution >= 4 is 107 Å². The van der Waals surface area contributed by atoms with E-state index in [0.29, 0.717) is 135 Å². The van der Waals surface area contributed by atoms with Crippen molar-refractivity contribution in [2.45, 2.75) is 116 Å². The van der Waals surface area contributed by atoms with Gasteiger partial charge in [-0.25, -0.2) is 57.4 Å². The summed E-state index contributed by atoms with van der Waals surface area (Å²) in [5.41, 5.74) is 16.4. The Kier molecular flexibility index (Phi) is 18.6. The normalized spacial score (nSPS) is 16.7. The predicted molar refractivity (Wildman–Crippen MR) is 453 cm³/mol.